The molecule has 0 aromatic carbocycles. The largest absolute Gasteiger partial charge is 0.444 e. The molecule has 0 radical (unpaired) electrons. The smallest absolute Gasteiger partial charge is 0.410 e. The number of rotatable bonds is 2. The van der Waals surface area contributed by atoms with Crippen LogP contribution in [0.15, 0.2) is 6.20 Å². The number of nitrogens with zero attached hydrogens (tertiary/aromatic N) is 5. The summed E-state index contributed by atoms with van der Waals surface area (Å²) in [5, 5.41) is 0.248. The highest BCUT2D eigenvalue weighted by Gasteiger charge is 2.30. The van der Waals surface area contributed by atoms with Gasteiger partial charge in [0, 0.05) is 39.3 Å². The minimum Gasteiger partial charge on any atom is -0.444 e. The molecule has 148 valence electrons. The lowest BCUT2D eigenvalue weighted by atomic mass is 10.2. The molecule has 0 atom stereocenters. The van der Waals surface area contributed by atoms with Crippen molar-refractivity contribution in [3.63, 3.8) is 0 Å². The van der Waals surface area contributed by atoms with Crippen molar-refractivity contribution in [2.24, 2.45) is 0 Å². The van der Waals surface area contributed by atoms with E-state index >= 15 is 0 Å². The van der Waals surface area contributed by atoms with E-state index in [-0.39, 0.29) is 22.7 Å². The number of amides is 2. The Morgan fingerprint density at radius 1 is 1.04 bits per heavy atom. The molecule has 0 aliphatic carbocycles. The van der Waals surface area contributed by atoms with Crippen LogP contribution in [0, 0.1) is 0 Å². The fraction of sp³-hybridized carbons (Fsp3) is 0.667. The van der Waals surface area contributed by atoms with Gasteiger partial charge in [-0.3, -0.25) is 4.79 Å². The Labute approximate surface area is 164 Å². The van der Waals surface area contributed by atoms with Gasteiger partial charge in [0.15, 0.2) is 5.69 Å². The SMILES string of the molecule is CC(C)(C)OC(=O)N1CCN(C(=O)c2nc(N3CCCC3)ncc2Cl)CC1. The van der Waals surface area contributed by atoms with Crippen LogP contribution in [0.4, 0.5) is 10.7 Å². The van der Waals surface area contributed by atoms with Crippen LogP contribution >= 0.6 is 11.6 Å². The van der Waals surface area contributed by atoms with Gasteiger partial charge in [0.05, 0.1) is 11.2 Å². The summed E-state index contributed by atoms with van der Waals surface area (Å²) in [7, 11) is 0. The van der Waals surface area contributed by atoms with Gasteiger partial charge in [-0.1, -0.05) is 11.6 Å². The van der Waals surface area contributed by atoms with Crippen molar-refractivity contribution >= 4 is 29.5 Å². The van der Waals surface area contributed by atoms with Gasteiger partial charge >= 0.3 is 6.09 Å². The van der Waals surface area contributed by atoms with Crippen molar-refractivity contribution in [2.45, 2.75) is 39.2 Å². The molecule has 1 aromatic rings. The van der Waals surface area contributed by atoms with Gasteiger partial charge in [0.2, 0.25) is 5.95 Å². The summed E-state index contributed by atoms with van der Waals surface area (Å²) in [5.41, 5.74) is -0.316. The van der Waals surface area contributed by atoms with Gasteiger partial charge < -0.3 is 19.4 Å². The van der Waals surface area contributed by atoms with Crippen molar-refractivity contribution in [1.82, 2.24) is 19.8 Å². The highest BCUT2D eigenvalue weighted by atomic mass is 35.5. The molecule has 8 nitrogen and oxygen atoms in total. The summed E-state index contributed by atoms with van der Waals surface area (Å²) >= 11 is 6.19. The number of carbonyl (C=O) groups excluding carboxylic acids is 2. The van der Waals surface area contributed by atoms with E-state index in [1.54, 1.807) is 9.80 Å². The van der Waals surface area contributed by atoms with E-state index in [4.69, 9.17) is 16.3 Å². The maximum Gasteiger partial charge on any atom is 0.410 e. The summed E-state index contributed by atoms with van der Waals surface area (Å²) in [6.07, 6.45) is 3.34. The standard InChI is InChI=1S/C18H26ClN5O3/c1-18(2,3)27-17(26)24-10-8-22(9-11-24)15(25)14-13(19)12-20-16(21-14)23-6-4-5-7-23/h12H,4-11H2,1-3H3. The van der Waals surface area contributed by atoms with Crippen LogP contribution in [-0.2, 0) is 4.74 Å². The molecule has 1 aromatic heterocycles. The molecule has 27 heavy (non-hydrogen) atoms. The van der Waals surface area contributed by atoms with Crippen LogP contribution < -0.4 is 4.90 Å². The Bertz CT molecular complexity index is 707. The fourth-order valence-corrected chi connectivity index (χ4v) is 3.32. The number of hydrogen-bond acceptors (Lipinski definition) is 6. The molecule has 2 amide bonds. The third-order valence-corrected chi connectivity index (χ3v) is 4.82. The Hall–Kier alpha value is -2.09. The maximum absolute atomic E-state index is 12.9. The minimum atomic E-state index is -0.537. The number of ether oxygens (including phenoxy) is 1. The maximum atomic E-state index is 12.9. The van der Waals surface area contributed by atoms with Crippen LogP contribution in [0.5, 0.6) is 0 Å². The van der Waals surface area contributed by atoms with Gasteiger partial charge in [-0.25, -0.2) is 14.8 Å². The summed E-state index contributed by atoms with van der Waals surface area (Å²) in [4.78, 5) is 39.1. The van der Waals surface area contributed by atoms with Gasteiger partial charge in [-0.05, 0) is 33.6 Å². The van der Waals surface area contributed by atoms with Crippen molar-refractivity contribution in [2.75, 3.05) is 44.2 Å². The quantitative estimate of drug-likeness (QED) is 0.765. The topological polar surface area (TPSA) is 78.9 Å². The van der Waals surface area contributed by atoms with E-state index in [2.05, 4.69) is 14.9 Å². The lowest BCUT2D eigenvalue weighted by Gasteiger charge is -2.35. The first-order chi connectivity index (χ1) is 12.7. The number of hydrogen-bond donors (Lipinski definition) is 0. The highest BCUT2D eigenvalue weighted by molar-refractivity contribution is 6.33. The summed E-state index contributed by atoms with van der Waals surface area (Å²) < 4.78 is 5.39. The van der Waals surface area contributed by atoms with E-state index < -0.39 is 5.60 Å². The fourth-order valence-electron chi connectivity index (χ4n) is 3.15. The Morgan fingerprint density at radius 2 is 1.63 bits per heavy atom. The van der Waals surface area contributed by atoms with E-state index in [0.717, 1.165) is 25.9 Å². The second-order valence-corrected chi connectivity index (χ2v) is 8.23. The van der Waals surface area contributed by atoms with Crippen LogP contribution in [0.3, 0.4) is 0 Å². The zero-order valence-corrected chi connectivity index (χ0v) is 16.8. The molecule has 3 heterocycles. The number of aromatic nitrogens is 2. The van der Waals surface area contributed by atoms with Gasteiger partial charge in [-0.2, -0.15) is 0 Å². The Kier molecular flexibility index (Phi) is 5.74. The van der Waals surface area contributed by atoms with Crippen molar-refractivity contribution in [3.8, 4) is 0 Å². The lowest BCUT2D eigenvalue weighted by Crippen LogP contribution is -2.51. The molecule has 2 aliphatic heterocycles. The number of halogens is 1. The molecule has 2 aliphatic rings. The summed E-state index contributed by atoms with van der Waals surface area (Å²) in [6, 6.07) is 0. The van der Waals surface area contributed by atoms with Crippen molar-refractivity contribution < 1.29 is 14.3 Å². The molecule has 0 bridgehead atoms. The van der Waals surface area contributed by atoms with E-state index in [9.17, 15) is 9.59 Å². The number of anilines is 1. The molecule has 2 saturated heterocycles. The normalized spacial score (nSPS) is 18.0. The van der Waals surface area contributed by atoms with Crippen LogP contribution in [0.25, 0.3) is 0 Å². The third kappa shape index (κ3) is 4.80. The molecule has 0 spiro atoms. The highest BCUT2D eigenvalue weighted by Crippen LogP contribution is 2.22. The minimum absolute atomic E-state index is 0.222. The Morgan fingerprint density at radius 3 is 2.22 bits per heavy atom. The lowest BCUT2D eigenvalue weighted by molar-refractivity contribution is 0.0140. The average Bonchev–Trinajstić information content (AvgIpc) is 3.15. The average molecular weight is 396 g/mol. The van der Waals surface area contributed by atoms with Gasteiger partial charge in [-0.15, -0.1) is 0 Å². The molecule has 0 N–H and O–H groups in total. The van der Waals surface area contributed by atoms with Crippen LogP contribution in [0.1, 0.15) is 44.1 Å². The van der Waals surface area contributed by atoms with E-state index in [0.29, 0.717) is 32.1 Å². The van der Waals surface area contributed by atoms with Crippen molar-refractivity contribution in [1.29, 1.82) is 0 Å². The molecule has 2 fully saturated rings. The van der Waals surface area contributed by atoms with E-state index in [1.807, 2.05) is 20.8 Å². The predicted molar refractivity (Wildman–Crippen MR) is 102 cm³/mol. The second kappa shape index (κ2) is 7.88. The molecular formula is C18H26ClN5O3. The van der Waals surface area contributed by atoms with Crippen molar-refractivity contribution in [3.05, 3.63) is 16.9 Å². The zero-order chi connectivity index (χ0) is 19.6. The van der Waals surface area contributed by atoms with Gasteiger partial charge in [0.1, 0.15) is 5.60 Å². The zero-order valence-electron chi connectivity index (χ0n) is 16.1. The van der Waals surface area contributed by atoms with Crippen LogP contribution in [-0.4, -0.2) is 76.6 Å². The monoisotopic (exact) mass is 395 g/mol. The summed E-state index contributed by atoms with van der Waals surface area (Å²) in [5.74, 6) is 0.319. The molecule has 0 saturated carbocycles. The number of carbonyl (C=O) groups is 2. The van der Waals surface area contributed by atoms with Gasteiger partial charge in [0.25, 0.3) is 5.91 Å². The summed E-state index contributed by atoms with van der Waals surface area (Å²) in [6.45, 7) is 8.95. The molecular weight excluding hydrogens is 370 g/mol. The third-order valence-electron chi connectivity index (χ3n) is 4.54. The first-order valence-electron chi connectivity index (χ1n) is 9.29. The molecule has 3 rings (SSSR count). The first kappa shape index (κ1) is 19.7. The van der Waals surface area contributed by atoms with E-state index in [1.165, 1.54) is 6.20 Å². The van der Waals surface area contributed by atoms with Crippen LogP contribution in [0.2, 0.25) is 5.02 Å². The molecule has 0 unspecified atom stereocenters. The first-order valence-corrected chi connectivity index (χ1v) is 9.67. The molecule has 9 heteroatoms. The number of piperazine rings is 1. The Balaban J connectivity index is 1.64. The second-order valence-electron chi connectivity index (χ2n) is 7.82. The predicted octanol–water partition coefficient (Wildman–Crippen LogP) is 2.42.